The Morgan fingerprint density at radius 1 is 1.16 bits per heavy atom. The molecule has 6 heteroatoms. The minimum Gasteiger partial charge on any atom is -0.327 e. The van der Waals surface area contributed by atoms with Crippen molar-refractivity contribution in [1.29, 1.82) is 0 Å². The van der Waals surface area contributed by atoms with Gasteiger partial charge in [0, 0.05) is 13.6 Å². The average Bonchev–Trinajstić information content (AvgIpc) is 2.71. The molecular weight excluding hydrogens is 266 g/mol. The van der Waals surface area contributed by atoms with Crippen LogP contribution >= 0.6 is 11.6 Å². The number of imidazole rings is 1. The molecule has 19 heavy (non-hydrogen) atoms. The fourth-order valence-electron chi connectivity index (χ4n) is 2.45. The summed E-state index contributed by atoms with van der Waals surface area (Å²) in [6.45, 7) is 2.04. The number of rotatable bonds is 1. The standard InChI is InChI=1S/C13H12ClN3O2/c1-3-16-12(18)10(14)11-15(2)8-6-4-5-7-9(8)17(11)13(16)19/h4-7H,3H2,1-2H3. The van der Waals surface area contributed by atoms with Crippen molar-refractivity contribution in [1.82, 2.24) is 13.5 Å². The Morgan fingerprint density at radius 3 is 2.42 bits per heavy atom. The minimum absolute atomic E-state index is 0.0696. The molecule has 0 aliphatic heterocycles. The quantitative estimate of drug-likeness (QED) is 0.679. The lowest BCUT2D eigenvalue weighted by atomic mass is 10.3. The number of hydrogen-bond donors (Lipinski definition) is 0. The summed E-state index contributed by atoms with van der Waals surface area (Å²) in [4.78, 5) is 24.5. The molecule has 0 spiro atoms. The summed E-state index contributed by atoms with van der Waals surface area (Å²) in [7, 11) is 1.79. The van der Waals surface area contributed by atoms with E-state index in [0.717, 1.165) is 15.6 Å². The molecular formula is C13H12ClN3O2. The van der Waals surface area contributed by atoms with Gasteiger partial charge in [-0.1, -0.05) is 23.7 Å². The highest BCUT2D eigenvalue weighted by molar-refractivity contribution is 6.33. The number of hydrogen-bond acceptors (Lipinski definition) is 2. The Hall–Kier alpha value is -2.01. The second-order valence-corrected chi connectivity index (χ2v) is 4.73. The first-order valence-electron chi connectivity index (χ1n) is 5.96. The third-order valence-electron chi connectivity index (χ3n) is 3.38. The SMILES string of the molecule is CCn1c(=O)c(Cl)c2n(C)c3ccccc3n2c1=O. The van der Waals surface area contributed by atoms with E-state index in [2.05, 4.69) is 0 Å². The van der Waals surface area contributed by atoms with E-state index >= 15 is 0 Å². The van der Waals surface area contributed by atoms with Crippen LogP contribution in [0.4, 0.5) is 0 Å². The van der Waals surface area contributed by atoms with Crippen LogP contribution in [0.15, 0.2) is 33.9 Å². The highest BCUT2D eigenvalue weighted by atomic mass is 35.5. The molecule has 3 rings (SSSR count). The number of para-hydroxylation sites is 2. The van der Waals surface area contributed by atoms with Crippen molar-refractivity contribution in [2.24, 2.45) is 7.05 Å². The van der Waals surface area contributed by atoms with Gasteiger partial charge in [-0.25, -0.2) is 9.20 Å². The zero-order chi connectivity index (χ0) is 13.7. The molecule has 0 radical (unpaired) electrons. The van der Waals surface area contributed by atoms with Crippen LogP contribution in [-0.2, 0) is 13.6 Å². The molecule has 0 saturated carbocycles. The van der Waals surface area contributed by atoms with Gasteiger partial charge < -0.3 is 4.57 Å². The molecule has 0 amide bonds. The number of fused-ring (bicyclic) bond motifs is 3. The van der Waals surface area contributed by atoms with Crippen molar-refractivity contribution in [2.45, 2.75) is 13.5 Å². The minimum atomic E-state index is -0.444. The lowest BCUT2D eigenvalue weighted by molar-refractivity contribution is 0.665. The molecule has 2 heterocycles. The van der Waals surface area contributed by atoms with Crippen LogP contribution in [0.2, 0.25) is 5.02 Å². The van der Waals surface area contributed by atoms with Crippen molar-refractivity contribution in [3.05, 3.63) is 50.1 Å². The van der Waals surface area contributed by atoms with E-state index in [-0.39, 0.29) is 10.7 Å². The van der Waals surface area contributed by atoms with E-state index < -0.39 is 5.56 Å². The van der Waals surface area contributed by atoms with Crippen LogP contribution in [0.25, 0.3) is 16.7 Å². The van der Waals surface area contributed by atoms with Crippen LogP contribution in [0.5, 0.6) is 0 Å². The third kappa shape index (κ3) is 1.42. The second kappa shape index (κ2) is 3.99. The lowest BCUT2D eigenvalue weighted by Crippen LogP contribution is -2.37. The van der Waals surface area contributed by atoms with E-state index in [4.69, 9.17) is 11.6 Å². The van der Waals surface area contributed by atoms with E-state index in [1.165, 1.54) is 4.40 Å². The predicted octanol–water partition coefficient (Wildman–Crippen LogP) is 1.63. The summed E-state index contributed by atoms with van der Waals surface area (Å²) < 4.78 is 4.39. The molecule has 3 aromatic rings. The normalized spacial score (nSPS) is 11.5. The molecule has 0 N–H and O–H groups in total. The highest BCUT2D eigenvalue weighted by Gasteiger charge is 2.17. The monoisotopic (exact) mass is 277 g/mol. The molecule has 1 aromatic carbocycles. The number of benzene rings is 1. The van der Waals surface area contributed by atoms with Gasteiger partial charge in [-0.15, -0.1) is 0 Å². The van der Waals surface area contributed by atoms with Gasteiger partial charge in [-0.3, -0.25) is 9.36 Å². The number of nitrogens with zero attached hydrogens (tertiary/aromatic N) is 3. The van der Waals surface area contributed by atoms with Crippen molar-refractivity contribution >= 4 is 28.3 Å². The van der Waals surface area contributed by atoms with Gasteiger partial charge in [0.05, 0.1) is 11.0 Å². The number of halogens is 1. The average molecular weight is 278 g/mol. The maximum absolute atomic E-state index is 12.4. The summed E-state index contributed by atoms with van der Waals surface area (Å²) in [5.74, 6) is 0. The molecule has 2 aromatic heterocycles. The summed E-state index contributed by atoms with van der Waals surface area (Å²) in [5, 5.41) is 0.0696. The van der Waals surface area contributed by atoms with Crippen LogP contribution in [0, 0.1) is 0 Å². The Morgan fingerprint density at radius 2 is 1.79 bits per heavy atom. The van der Waals surface area contributed by atoms with E-state index in [1.54, 1.807) is 18.5 Å². The van der Waals surface area contributed by atoms with Gasteiger partial charge in [-0.05, 0) is 19.1 Å². The van der Waals surface area contributed by atoms with Gasteiger partial charge >= 0.3 is 5.69 Å². The molecule has 0 bridgehead atoms. The van der Waals surface area contributed by atoms with E-state index in [1.807, 2.05) is 24.3 Å². The highest BCUT2D eigenvalue weighted by Crippen LogP contribution is 2.21. The van der Waals surface area contributed by atoms with Gasteiger partial charge in [0.15, 0.2) is 0 Å². The first-order valence-corrected chi connectivity index (χ1v) is 6.34. The molecule has 0 unspecified atom stereocenters. The second-order valence-electron chi connectivity index (χ2n) is 4.35. The summed E-state index contributed by atoms with van der Waals surface area (Å²) in [5.41, 5.74) is 1.23. The fraction of sp³-hybridized carbons (Fsp3) is 0.231. The predicted molar refractivity (Wildman–Crippen MR) is 75.1 cm³/mol. The first-order chi connectivity index (χ1) is 9.07. The molecule has 0 aliphatic rings. The number of aromatic nitrogens is 3. The zero-order valence-electron chi connectivity index (χ0n) is 10.6. The smallest absolute Gasteiger partial charge is 0.327 e. The van der Waals surface area contributed by atoms with Gasteiger partial charge in [-0.2, -0.15) is 0 Å². The van der Waals surface area contributed by atoms with Crippen LogP contribution in [0.1, 0.15) is 6.92 Å². The topological polar surface area (TPSA) is 48.4 Å². The molecule has 5 nitrogen and oxygen atoms in total. The Labute approximate surface area is 113 Å². The van der Waals surface area contributed by atoms with Crippen LogP contribution in [-0.4, -0.2) is 13.5 Å². The maximum atomic E-state index is 12.4. The first kappa shape index (κ1) is 12.0. The lowest BCUT2D eigenvalue weighted by Gasteiger charge is -2.05. The van der Waals surface area contributed by atoms with E-state index in [9.17, 15) is 9.59 Å². The van der Waals surface area contributed by atoms with Gasteiger partial charge in [0.2, 0.25) is 0 Å². The van der Waals surface area contributed by atoms with Crippen LogP contribution < -0.4 is 11.2 Å². The summed E-state index contributed by atoms with van der Waals surface area (Å²) in [6.07, 6.45) is 0. The molecule has 98 valence electrons. The molecule has 0 atom stereocenters. The van der Waals surface area contributed by atoms with Crippen molar-refractivity contribution in [3.8, 4) is 0 Å². The largest absolute Gasteiger partial charge is 0.337 e. The van der Waals surface area contributed by atoms with Crippen molar-refractivity contribution in [3.63, 3.8) is 0 Å². The molecule has 0 fully saturated rings. The van der Waals surface area contributed by atoms with Crippen molar-refractivity contribution < 1.29 is 0 Å². The van der Waals surface area contributed by atoms with Crippen LogP contribution in [0.3, 0.4) is 0 Å². The fourth-order valence-corrected chi connectivity index (χ4v) is 2.77. The van der Waals surface area contributed by atoms with E-state index in [0.29, 0.717) is 12.2 Å². The maximum Gasteiger partial charge on any atom is 0.337 e. The Kier molecular flexibility index (Phi) is 2.53. The third-order valence-corrected chi connectivity index (χ3v) is 3.71. The Bertz CT molecular complexity index is 917. The number of aryl methyl sites for hydroxylation is 1. The van der Waals surface area contributed by atoms with Gasteiger partial charge in [0.25, 0.3) is 5.56 Å². The zero-order valence-corrected chi connectivity index (χ0v) is 11.3. The molecule has 0 saturated heterocycles. The summed E-state index contributed by atoms with van der Waals surface area (Å²) >= 11 is 6.14. The van der Waals surface area contributed by atoms with Crippen molar-refractivity contribution in [2.75, 3.05) is 0 Å². The van der Waals surface area contributed by atoms with Gasteiger partial charge in [0.1, 0.15) is 10.7 Å². The summed E-state index contributed by atoms with van der Waals surface area (Å²) in [6, 6.07) is 7.46. The Balaban J connectivity index is 2.77. The molecule has 0 aliphatic carbocycles.